The molecule has 12 aromatic rings. The van der Waals surface area contributed by atoms with Crippen LogP contribution < -0.4 is 4.90 Å². The maximum absolute atomic E-state index is 6.56. The lowest BCUT2D eigenvalue weighted by atomic mass is 9.91. The number of hydrogen-bond donors (Lipinski definition) is 0. The molecule has 0 fully saturated rings. The van der Waals surface area contributed by atoms with Crippen LogP contribution in [0, 0.1) is 0 Å². The van der Waals surface area contributed by atoms with Gasteiger partial charge in [-0.2, -0.15) is 0 Å². The Morgan fingerprint density at radius 1 is 0.361 bits per heavy atom. The highest BCUT2D eigenvalue weighted by atomic mass is 32.1. The molecule has 0 amide bonds. The summed E-state index contributed by atoms with van der Waals surface area (Å²) in [5.41, 5.74) is 14.7. The summed E-state index contributed by atoms with van der Waals surface area (Å²) >= 11 is 1.86. The minimum Gasteiger partial charge on any atom is -0.455 e. The van der Waals surface area contributed by atoms with Gasteiger partial charge < -0.3 is 9.32 Å². The molecule has 0 spiro atoms. The number of fused-ring (bicyclic) bond motifs is 8. The molecule has 2 nitrogen and oxygen atoms in total. The monoisotopic (exact) mass is 795 g/mol. The molecule has 0 saturated heterocycles. The third kappa shape index (κ3) is 6.01. The van der Waals surface area contributed by atoms with Crippen molar-refractivity contribution in [2.45, 2.75) is 0 Å². The van der Waals surface area contributed by atoms with Crippen LogP contribution in [0.15, 0.2) is 229 Å². The Morgan fingerprint density at radius 2 is 0.967 bits per heavy atom. The topological polar surface area (TPSA) is 16.4 Å². The van der Waals surface area contributed by atoms with Crippen LogP contribution in [-0.4, -0.2) is 0 Å². The summed E-state index contributed by atoms with van der Waals surface area (Å²) in [4.78, 5) is 2.42. The van der Waals surface area contributed by atoms with Crippen molar-refractivity contribution in [1.29, 1.82) is 0 Å². The van der Waals surface area contributed by atoms with Gasteiger partial charge in [0.05, 0.1) is 10.4 Å². The molecule has 0 aliphatic carbocycles. The van der Waals surface area contributed by atoms with E-state index in [0.29, 0.717) is 0 Å². The van der Waals surface area contributed by atoms with E-state index in [1.54, 1.807) is 0 Å². The standard InChI is InChI=1S/C58H37NOS/c1-3-13-39(14-4-1)46-35-30-43(37-52(46)40-15-5-2-6-16-40)38-25-31-44(32-26-38)59(53-22-11-21-50-49-19-9-10-24-55(49)61-58(50)53)45-33-27-42(28-34-45)47-20-12-23-54-56(47)51-36-29-41-17-7-8-18-48(41)57(51)60-54/h1-37H. The van der Waals surface area contributed by atoms with Crippen LogP contribution in [0.4, 0.5) is 17.1 Å². The smallest absolute Gasteiger partial charge is 0.143 e. The quantitative estimate of drug-likeness (QED) is 0.160. The third-order valence-electron chi connectivity index (χ3n) is 12.1. The minimum atomic E-state index is 0.900. The highest BCUT2D eigenvalue weighted by Crippen LogP contribution is 2.46. The predicted octanol–water partition coefficient (Wildman–Crippen LogP) is 17.2. The zero-order valence-electron chi connectivity index (χ0n) is 33.1. The molecule has 2 aromatic heterocycles. The SMILES string of the molecule is c1ccc(-c2ccc(-c3ccc(N(c4ccc(-c5cccc6oc7c8ccccc8ccc7c56)cc4)c4cccc5c4sc4ccccc45)cc3)cc2-c2ccccc2)cc1. The van der Waals surface area contributed by atoms with Gasteiger partial charge in [0.2, 0.25) is 0 Å². The number of furan rings is 1. The molecule has 61 heavy (non-hydrogen) atoms. The summed E-state index contributed by atoms with van der Waals surface area (Å²) in [6.07, 6.45) is 0. The molecule has 0 saturated carbocycles. The van der Waals surface area contributed by atoms with E-state index in [0.717, 1.165) is 55.5 Å². The van der Waals surface area contributed by atoms with Crippen molar-refractivity contribution < 1.29 is 4.42 Å². The maximum Gasteiger partial charge on any atom is 0.143 e. The molecule has 0 unspecified atom stereocenters. The molecule has 286 valence electrons. The van der Waals surface area contributed by atoms with Crippen LogP contribution in [0.5, 0.6) is 0 Å². The summed E-state index contributed by atoms with van der Waals surface area (Å²) in [5.74, 6) is 0. The summed E-state index contributed by atoms with van der Waals surface area (Å²) in [5, 5.41) is 7.16. The zero-order valence-corrected chi connectivity index (χ0v) is 33.9. The summed E-state index contributed by atoms with van der Waals surface area (Å²) in [6, 6.07) is 81.1. The lowest BCUT2D eigenvalue weighted by molar-refractivity contribution is 0.673. The molecule has 2 heterocycles. The molecule has 0 aliphatic rings. The number of thiophene rings is 1. The molecule has 0 aliphatic heterocycles. The largest absolute Gasteiger partial charge is 0.455 e. The first-order valence-corrected chi connectivity index (χ1v) is 21.6. The van der Waals surface area contributed by atoms with Gasteiger partial charge in [0, 0.05) is 43.0 Å². The van der Waals surface area contributed by atoms with E-state index in [1.807, 2.05) is 11.3 Å². The van der Waals surface area contributed by atoms with E-state index >= 15 is 0 Å². The van der Waals surface area contributed by atoms with Gasteiger partial charge in [0.25, 0.3) is 0 Å². The Morgan fingerprint density at radius 3 is 1.74 bits per heavy atom. The number of hydrogen-bond acceptors (Lipinski definition) is 3. The molecule has 0 atom stereocenters. The molecule has 10 aromatic carbocycles. The minimum absolute atomic E-state index is 0.900. The molecule has 12 rings (SSSR count). The van der Waals surface area contributed by atoms with E-state index in [9.17, 15) is 0 Å². The van der Waals surface area contributed by atoms with Crippen molar-refractivity contribution >= 4 is 81.3 Å². The number of nitrogens with zero attached hydrogens (tertiary/aromatic N) is 1. The van der Waals surface area contributed by atoms with Gasteiger partial charge >= 0.3 is 0 Å². The Labute approximate surface area is 357 Å². The van der Waals surface area contributed by atoms with Gasteiger partial charge in [0.15, 0.2) is 0 Å². The van der Waals surface area contributed by atoms with E-state index in [1.165, 1.54) is 58.9 Å². The van der Waals surface area contributed by atoms with Crippen molar-refractivity contribution in [3.05, 3.63) is 224 Å². The van der Waals surface area contributed by atoms with Crippen molar-refractivity contribution in [2.24, 2.45) is 0 Å². The fourth-order valence-electron chi connectivity index (χ4n) is 9.17. The van der Waals surface area contributed by atoms with E-state index in [-0.39, 0.29) is 0 Å². The molecular weight excluding hydrogens is 759 g/mol. The Bertz CT molecular complexity index is 3570. The van der Waals surface area contributed by atoms with Crippen LogP contribution in [-0.2, 0) is 0 Å². The molecular formula is C58H37NOS. The fourth-order valence-corrected chi connectivity index (χ4v) is 10.4. The van der Waals surface area contributed by atoms with Gasteiger partial charge in [-0.15, -0.1) is 11.3 Å². The average molecular weight is 796 g/mol. The van der Waals surface area contributed by atoms with Crippen molar-refractivity contribution in [3.8, 4) is 44.5 Å². The summed E-state index contributed by atoms with van der Waals surface area (Å²) in [6.45, 7) is 0. The second-order valence-corrected chi connectivity index (χ2v) is 16.7. The Kier molecular flexibility index (Phi) is 8.39. The Hall–Kier alpha value is -7.72. The molecule has 0 radical (unpaired) electrons. The van der Waals surface area contributed by atoms with Gasteiger partial charge in [-0.1, -0.05) is 170 Å². The van der Waals surface area contributed by atoms with Gasteiger partial charge in [-0.05, 0) is 104 Å². The highest BCUT2D eigenvalue weighted by molar-refractivity contribution is 7.26. The molecule has 3 heteroatoms. The zero-order chi connectivity index (χ0) is 40.3. The van der Waals surface area contributed by atoms with Gasteiger partial charge in [-0.3, -0.25) is 0 Å². The number of anilines is 3. The predicted molar refractivity (Wildman–Crippen MR) is 261 cm³/mol. The lowest BCUT2D eigenvalue weighted by Gasteiger charge is -2.26. The van der Waals surface area contributed by atoms with Crippen LogP contribution in [0.3, 0.4) is 0 Å². The number of benzene rings is 10. The van der Waals surface area contributed by atoms with E-state index < -0.39 is 0 Å². The second-order valence-electron chi connectivity index (χ2n) is 15.6. The third-order valence-corrected chi connectivity index (χ3v) is 13.3. The van der Waals surface area contributed by atoms with Crippen molar-refractivity contribution in [2.75, 3.05) is 4.90 Å². The van der Waals surface area contributed by atoms with Crippen LogP contribution in [0.1, 0.15) is 0 Å². The van der Waals surface area contributed by atoms with Gasteiger partial charge in [-0.25, -0.2) is 0 Å². The summed E-state index contributed by atoms with van der Waals surface area (Å²) < 4.78 is 9.12. The van der Waals surface area contributed by atoms with Crippen molar-refractivity contribution in [1.82, 2.24) is 0 Å². The second kappa shape index (κ2) is 14.5. The summed E-state index contributed by atoms with van der Waals surface area (Å²) in [7, 11) is 0. The molecule has 0 bridgehead atoms. The van der Waals surface area contributed by atoms with Gasteiger partial charge in [0.1, 0.15) is 11.2 Å². The van der Waals surface area contributed by atoms with Crippen LogP contribution in [0.25, 0.3) is 97.4 Å². The fraction of sp³-hybridized carbons (Fsp3) is 0. The highest BCUT2D eigenvalue weighted by Gasteiger charge is 2.20. The lowest BCUT2D eigenvalue weighted by Crippen LogP contribution is -2.10. The average Bonchev–Trinajstić information content (AvgIpc) is 3.92. The first-order valence-electron chi connectivity index (χ1n) is 20.7. The van der Waals surface area contributed by atoms with E-state index in [2.05, 4.69) is 229 Å². The number of rotatable bonds is 7. The first-order chi connectivity index (χ1) is 30.2. The first kappa shape index (κ1) is 35.2. The van der Waals surface area contributed by atoms with Crippen LogP contribution >= 0.6 is 11.3 Å². The maximum atomic E-state index is 6.56. The normalized spacial score (nSPS) is 11.6. The van der Waals surface area contributed by atoms with Crippen molar-refractivity contribution in [3.63, 3.8) is 0 Å². The van der Waals surface area contributed by atoms with E-state index in [4.69, 9.17) is 4.42 Å². The van der Waals surface area contributed by atoms with Crippen LogP contribution in [0.2, 0.25) is 0 Å². The Balaban J connectivity index is 0.977. The molecule has 0 N–H and O–H groups in total.